The van der Waals surface area contributed by atoms with Crippen molar-refractivity contribution in [1.82, 2.24) is 0 Å². The van der Waals surface area contributed by atoms with Crippen LogP contribution in [0.25, 0.3) is 6.08 Å². The van der Waals surface area contributed by atoms with Crippen molar-refractivity contribution in [2.24, 2.45) is 0 Å². The Morgan fingerprint density at radius 2 is 1.45 bits per heavy atom. The Bertz CT molecular complexity index is 850. The second-order valence-electron chi connectivity index (χ2n) is 7.32. The quantitative estimate of drug-likeness (QED) is 0.308. The highest BCUT2D eigenvalue weighted by Crippen LogP contribution is 2.40. The van der Waals surface area contributed by atoms with Crippen LogP contribution < -0.4 is 14.8 Å². The number of hydrogen-bond acceptors (Lipinski definition) is 5. The van der Waals surface area contributed by atoms with Crippen LogP contribution in [0.4, 0.5) is 5.69 Å². The van der Waals surface area contributed by atoms with E-state index in [0.717, 1.165) is 25.7 Å². The van der Waals surface area contributed by atoms with Crippen LogP contribution >= 0.6 is 0 Å². The maximum absolute atomic E-state index is 12.3. The maximum atomic E-state index is 12.3. The van der Waals surface area contributed by atoms with Gasteiger partial charge in [0.2, 0.25) is 11.7 Å². The lowest BCUT2D eigenvalue weighted by molar-refractivity contribution is -0.111. The molecule has 31 heavy (non-hydrogen) atoms. The van der Waals surface area contributed by atoms with Gasteiger partial charge in [0.1, 0.15) is 5.75 Å². The van der Waals surface area contributed by atoms with E-state index in [4.69, 9.17) is 9.47 Å². The smallest absolute Gasteiger partial charge is 0.248 e. The molecule has 2 rings (SSSR count). The number of carbonyl (C=O) groups is 1. The Balaban J connectivity index is 2.30. The van der Waals surface area contributed by atoms with Crippen molar-refractivity contribution in [1.29, 1.82) is 0 Å². The molecule has 0 radical (unpaired) electrons. The average Bonchev–Trinajstić information content (AvgIpc) is 2.78. The van der Waals surface area contributed by atoms with E-state index in [9.17, 15) is 15.0 Å². The van der Waals surface area contributed by atoms with Gasteiger partial charge in [0.25, 0.3) is 0 Å². The molecule has 0 aliphatic carbocycles. The van der Waals surface area contributed by atoms with Crippen LogP contribution in [0.3, 0.4) is 0 Å². The van der Waals surface area contributed by atoms with E-state index in [2.05, 4.69) is 5.32 Å². The monoisotopic (exact) mass is 427 g/mol. The first-order valence-electron chi connectivity index (χ1n) is 10.9. The molecular formula is C25H33NO5. The third-order valence-electron chi connectivity index (χ3n) is 5.06. The summed E-state index contributed by atoms with van der Waals surface area (Å²) in [7, 11) is 0. The molecule has 0 aromatic heterocycles. The summed E-state index contributed by atoms with van der Waals surface area (Å²) in [6.45, 7) is 8.11. The number of phenols is 2. The lowest BCUT2D eigenvalue weighted by Crippen LogP contribution is -2.16. The van der Waals surface area contributed by atoms with Gasteiger partial charge in [-0.15, -0.1) is 0 Å². The van der Waals surface area contributed by atoms with E-state index >= 15 is 0 Å². The predicted octanol–water partition coefficient (Wildman–Crippen LogP) is 5.88. The summed E-state index contributed by atoms with van der Waals surface area (Å²) in [5.41, 5.74) is 0.991. The molecule has 0 atom stereocenters. The number of aromatic hydroxyl groups is 2. The Labute approximate surface area is 184 Å². The van der Waals surface area contributed by atoms with Crippen molar-refractivity contribution in [2.45, 2.75) is 65.6 Å². The van der Waals surface area contributed by atoms with E-state index in [1.165, 1.54) is 12.1 Å². The fourth-order valence-electron chi connectivity index (χ4n) is 3.07. The van der Waals surface area contributed by atoms with E-state index in [1.54, 1.807) is 36.4 Å². The second kappa shape index (κ2) is 11.9. The number of ether oxygens (including phenoxy) is 2. The predicted molar refractivity (Wildman–Crippen MR) is 124 cm³/mol. The summed E-state index contributed by atoms with van der Waals surface area (Å²) in [5, 5.41) is 23.2. The number of anilines is 1. The van der Waals surface area contributed by atoms with E-state index in [0.29, 0.717) is 22.7 Å². The van der Waals surface area contributed by atoms with Gasteiger partial charge in [0, 0.05) is 6.08 Å². The van der Waals surface area contributed by atoms with E-state index in [-0.39, 0.29) is 29.6 Å². The number of para-hydroxylation sites is 2. The van der Waals surface area contributed by atoms with Crippen molar-refractivity contribution in [2.75, 3.05) is 5.32 Å². The molecule has 2 aromatic rings. The minimum Gasteiger partial charge on any atom is -0.506 e. The molecule has 0 heterocycles. The Morgan fingerprint density at radius 3 is 1.94 bits per heavy atom. The highest BCUT2D eigenvalue weighted by atomic mass is 16.5. The zero-order valence-electron chi connectivity index (χ0n) is 18.7. The van der Waals surface area contributed by atoms with Gasteiger partial charge in [0.05, 0.1) is 17.9 Å². The molecule has 1 amide bonds. The molecule has 0 saturated heterocycles. The molecule has 0 aliphatic heterocycles. The molecule has 168 valence electrons. The van der Waals surface area contributed by atoms with Gasteiger partial charge in [-0.3, -0.25) is 4.79 Å². The summed E-state index contributed by atoms with van der Waals surface area (Å²) < 4.78 is 12.0. The topological polar surface area (TPSA) is 88.0 Å². The standard InChI is InChI=1S/C25H33NO5/c1-5-18(6-2)30-22-15-17(16-23(25(22)29)31-19(7-3)8-4)13-14-24(28)26-20-11-9-10-12-21(20)27/h9-16,18-19,27,29H,5-8H2,1-4H3,(H,26,28). The molecule has 0 bridgehead atoms. The first kappa shape index (κ1) is 24.1. The fourth-order valence-corrected chi connectivity index (χ4v) is 3.07. The Kier molecular flexibility index (Phi) is 9.25. The van der Waals surface area contributed by atoms with E-state index < -0.39 is 0 Å². The maximum Gasteiger partial charge on any atom is 0.248 e. The van der Waals surface area contributed by atoms with Crippen LogP contribution in [0.5, 0.6) is 23.0 Å². The summed E-state index contributed by atoms with van der Waals surface area (Å²) in [6.07, 6.45) is 6.15. The van der Waals surface area contributed by atoms with Crippen LogP contribution in [0.15, 0.2) is 42.5 Å². The number of carbonyl (C=O) groups excluding carboxylic acids is 1. The summed E-state index contributed by atoms with van der Waals surface area (Å²) >= 11 is 0. The third kappa shape index (κ3) is 6.95. The van der Waals surface area contributed by atoms with Gasteiger partial charge in [-0.25, -0.2) is 0 Å². The van der Waals surface area contributed by atoms with Crippen molar-refractivity contribution < 1.29 is 24.5 Å². The lowest BCUT2D eigenvalue weighted by atomic mass is 10.1. The van der Waals surface area contributed by atoms with Gasteiger partial charge in [-0.05, 0) is 61.6 Å². The second-order valence-corrected chi connectivity index (χ2v) is 7.32. The number of hydrogen-bond donors (Lipinski definition) is 3. The number of phenolic OH excluding ortho intramolecular Hbond substituents is 2. The van der Waals surface area contributed by atoms with Crippen LogP contribution in [0, 0.1) is 0 Å². The Hall–Kier alpha value is -3.15. The first-order chi connectivity index (χ1) is 14.9. The summed E-state index contributed by atoms with van der Waals surface area (Å²) in [5.74, 6) is 0.237. The summed E-state index contributed by atoms with van der Waals surface area (Å²) in [6, 6.07) is 9.91. The molecule has 2 aromatic carbocycles. The zero-order valence-corrected chi connectivity index (χ0v) is 18.7. The van der Waals surface area contributed by atoms with Crippen LogP contribution in [-0.2, 0) is 4.79 Å². The largest absolute Gasteiger partial charge is 0.506 e. The Morgan fingerprint density at radius 1 is 0.935 bits per heavy atom. The highest BCUT2D eigenvalue weighted by molar-refractivity contribution is 6.02. The molecule has 6 nitrogen and oxygen atoms in total. The van der Waals surface area contributed by atoms with Gasteiger partial charge in [-0.1, -0.05) is 39.8 Å². The average molecular weight is 428 g/mol. The first-order valence-corrected chi connectivity index (χ1v) is 10.9. The van der Waals surface area contributed by atoms with Gasteiger partial charge < -0.3 is 25.0 Å². The van der Waals surface area contributed by atoms with Crippen molar-refractivity contribution in [3.63, 3.8) is 0 Å². The number of amides is 1. The van der Waals surface area contributed by atoms with Crippen LogP contribution in [0.1, 0.15) is 58.9 Å². The van der Waals surface area contributed by atoms with Crippen molar-refractivity contribution in [3.8, 4) is 23.0 Å². The molecular weight excluding hydrogens is 394 g/mol. The number of nitrogens with one attached hydrogen (secondary N) is 1. The molecule has 0 unspecified atom stereocenters. The van der Waals surface area contributed by atoms with Crippen LogP contribution in [-0.4, -0.2) is 28.3 Å². The fraction of sp³-hybridized carbons (Fsp3) is 0.400. The minimum atomic E-state index is -0.389. The number of benzene rings is 2. The molecule has 6 heteroatoms. The van der Waals surface area contributed by atoms with Gasteiger partial charge >= 0.3 is 0 Å². The van der Waals surface area contributed by atoms with Gasteiger partial charge in [-0.2, -0.15) is 0 Å². The molecule has 0 saturated carbocycles. The summed E-state index contributed by atoms with van der Waals surface area (Å²) in [4.78, 5) is 12.3. The molecule has 0 aliphatic rings. The SMILES string of the molecule is CCC(CC)Oc1cc(C=CC(=O)Nc2ccccc2O)cc(OC(CC)CC)c1O. The lowest BCUT2D eigenvalue weighted by Gasteiger charge is -2.21. The molecule has 0 fully saturated rings. The van der Waals surface area contributed by atoms with E-state index in [1.807, 2.05) is 27.7 Å². The number of rotatable bonds is 11. The highest BCUT2D eigenvalue weighted by Gasteiger charge is 2.17. The van der Waals surface area contributed by atoms with Gasteiger partial charge in [0.15, 0.2) is 11.5 Å². The zero-order chi connectivity index (χ0) is 22.8. The minimum absolute atomic E-state index is 0.00407. The van der Waals surface area contributed by atoms with Crippen LogP contribution in [0.2, 0.25) is 0 Å². The molecule has 3 N–H and O–H groups in total. The van der Waals surface area contributed by atoms with Crippen molar-refractivity contribution in [3.05, 3.63) is 48.0 Å². The third-order valence-corrected chi connectivity index (χ3v) is 5.06. The van der Waals surface area contributed by atoms with Crippen molar-refractivity contribution >= 4 is 17.7 Å². The molecule has 0 spiro atoms. The normalized spacial score (nSPS) is 11.3.